The van der Waals surface area contributed by atoms with Gasteiger partial charge < -0.3 is 10.0 Å². The maximum Gasteiger partial charge on any atom is 0.0964 e. The molecule has 1 aliphatic heterocycles. The van der Waals surface area contributed by atoms with Gasteiger partial charge in [0.1, 0.15) is 0 Å². The van der Waals surface area contributed by atoms with Crippen LogP contribution in [0, 0.1) is 0 Å². The van der Waals surface area contributed by atoms with Crippen LogP contribution in [0.2, 0.25) is 0 Å². The van der Waals surface area contributed by atoms with Crippen molar-refractivity contribution in [2.45, 2.75) is 25.9 Å². The number of hydrogen-bond acceptors (Lipinski definition) is 2. The molecular formula is C18H21NO. The largest absolute Gasteiger partial charge is 0.387 e. The highest BCUT2D eigenvalue weighted by Crippen LogP contribution is 2.29. The normalized spacial score (nSPS) is 15.2. The molecule has 104 valence electrons. The molecule has 1 aliphatic rings. The zero-order valence-corrected chi connectivity index (χ0v) is 11.9. The number of rotatable bonds is 4. The summed E-state index contributed by atoms with van der Waals surface area (Å²) in [5, 5.41) is 10.4. The monoisotopic (exact) mass is 267 g/mol. The molecule has 2 nitrogen and oxygen atoms in total. The minimum absolute atomic E-state index is 0.424. The van der Waals surface area contributed by atoms with E-state index in [9.17, 15) is 5.11 Å². The van der Waals surface area contributed by atoms with Gasteiger partial charge >= 0.3 is 0 Å². The third-order valence-corrected chi connectivity index (χ3v) is 4.15. The summed E-state index contributed by atoms with van der Waals surface area (Å²) < 4.78 is 0. The molecule has 3 rings (SSSR count). The third-order valence-electron chi connectivity index (χ3n) is 4.15. The van der Waals surface area contributed by atoms with E-state index in [0.717, 1.165) is 24.9 Å². The number of nitrogens with zero attached hydrogens (tertiary/aromatic N) is 1. The molecule has 2 heteroatoms. The number of β-amino-alcohol motifs (C(OH)–C–C–N with tert-alkyl or cyclic N) is 1. The Bertz CT molecular complexity index is 576. The Hall–Kier alpha value is -1.80. The number of benzene rings is 2. The van der Waals surface area contributed by atoms with Crippen LogP contribution >= 0.6 is 0 Å². The molecule has 0 aromatic heterocycles. The predicted molar refractivity (Wildman–Crippen MR) is 83.1 cm³/mol. The van der Waals surface area contributed by atoms with Crippen molar-refractivity contribution in [1.29, 1.82) is 0 Å². The van der Waals surface area contributed by atoms with Gasteiger partial charge in [0.05, 0.1) is 6.10 Å². The van der Waals surface area contributed by atoms with Crippen LogP contribution in [0.15, 0.2) is 48.5 Å². The number of hydrogen-bond donors (Lipinski definition) is 1. The van der Waals surface area contributed by atoms with Gasteiger partial charge in [0.25, 0.3) is 0 Å². The van der Waals surface area contributed by atoms with E-state index >= 15 is 0 Å². The van der Waals surface area contributed by atoms with E-state index in [0.29, 0.717) is 6.54 Å². The minimum Gasteiger partial charge on any atom is -0.387 e. The van der Waals surface area contributed by atoms with E-state index in [2.05, 4.69) is 48.2 Å². The molecule has 0 aliphatic carbocycles. The number of aliphatic hydroxyl groups is 1. The number of aliphatic hydroxyl groups excluding tert-OH is 1. The van der Waals surface area contributed by atoms with Crippen molar-refractivity contribution >= 4 is 5.69 Å². The molecule has 1 N–H and O–H groups in total. The van der Waals surface area contributed by atoms with Crippen molar-refractivity contribution < 1.29 is 5.11 Å². The molecule has 0 amide bonds. The van der Waals surface area contributed by atoms with E-state index in [1.54, 1.807) is 0 Å². The van der Waals surface area contributed by atoms with Crippen molar-refractivity contribution in [3.8, 4) is 0 Å². The van der Waals surface area contributed by atoms with Crippen molar-refractivity contribution in [1.82, 2.24) is 0 Å². The maximum atomic E-state index is 10.4. The molecule has 20 heavy (non-hydrogen) atoms. The van der Waals surface area contributed by atoms with Crippen LogP contribution in [-0.2, 0) is 12.8 Å². The number of aryl methyl sites for hydroxylation is 1. The van der Waals surface area contributed by atoms with E-state index in [1.165, 1.54) is 16.8 Å². The van der Waals surface area contributed by atoms with Crippen molar-refractivity contribution in [2.75, 3.05) is 18.0 Å². The topological polar surface area (TPSA) is 23.5 Å². The molecule has 0 fully saturated rings. The number of fused-ring (bicyclic) bond motifs is 1. The number of para-hydroxylation sites is 1. The zero-order chi connectivity index (χ0) is 13.9. The molecule has 0 spiro atoms. The van der Waals surface area contributed by atoms with Gasteiger partial charge in [-0.2, -0.15) is 0 Å². The molecule has 1 atom stereocenters. The Labute approximate surface area is 120 Å². The average Bonchev–Trinajstić information content (AvgIpc) is 2.91. The first-order valence-corrected chi connectivity index (χ1v) is 7.37. The Morgan fingerprint density at radius 3 is 2.60 bits per heavy atom. The first-order chi connectivity index (χ1) is 9.78. The van der Waals surface area contributed by atoms with E-state index in [1.807, 2.05) is 12.1 Å². The van der Waals surface area contributed by atoms with Gasteiger partial charge in [-0.1, -0.05) is 49.4 Å². The van der Waals surface area contributed by atoms with Crippen LogP contribution < -0.4 is 4.90 Å². The van der Waals surface area contributed by atoms with Crippen molar-refractivity contribution in [2.24, 2.45) is 0 Å². The minimum atomic E-state index is -0.424. The van der Waals surface area contributed by atoms with Gasteiger partial charge in [-0.05, 0) is 35.6 Å². The van der Waals surface area contributed by atoms with Crippen molar-refractivity contribution in [3.63, 3.8) is 0 Å². The molecule has 1 heterocycles. The van der Waals surface area contributed by atoms with Crippen molar-refractivity contribution in [3.05, 3.63) is 65.2 Å². The lowest BCUT2D eigenvalue weighted by molar-refractivity contribution is 0.184. The molecular weight excluding hydrogens is 246 g/mol. The van der Waals surface area contributed by atoms with E-state index < -0.39 is 6.10 Å². The molecule has 0 saturated carbocycles. The third kappa shape index (κ3) is 2.56. The lowest BCUT2D eigenvalue weighted by Crippen LogP contribution is -2.26. The van der Waals surface area contributed by atoms with Crippen LogP contribution in [0.1, 0.15) is 29.7 Å². The summed E-state index contributed by atoms with van der Waals surface area (Å²) in [7, 11) is 0. The first kappa shape index (κ1) is 13.2. The van der Waals surface area contributed by atoms with E-state index in [-0.39, 0.29) is 0 Å². The summed E-state index contributed by atoms with van der Waals surface area (Å²) >= 11 is 0. The average molecular weight is 267 g/mol. The summed E-state index contributed by atoms with van der Waals surface area (Å²) in [5.41, 5.74) is 4.98. The van der Waals surface area contributed by atoms with Crippen LogP contribution in [0.3, 0.4) is 0 Å². The first-order valence-electron chi connectivity index (χ1n) is 7.37. The molecule has 0 saturated heterocycles. The zero-order valence-electron chi connectivity index (χ0n) is 11.9. The Morgan fingerprint density at radius 1 is 1.10 bits per heavy atom. The highest BCUT2D eigenvalue weighted by atomic mass is 16.3. The second-order valence-corrected chi connectivity index (χ2v) is 5.44. The Balaban J connectivity index is 1.71. The molecule has 2 aromatic carbocycles. The fraction of sp³-hybridized carbons (Fsp3) is 0.333. The van der Waals surface area contributed by atoms with Gasteiger partial charge in [-0.15, -0.1) is 0 Å². The van der Waals surface area contributed by atoms with Crippen LogP contribution in [0.4, 0.5) is 5.69 Å². The fourth-order valence-electron chi connectivity index (χ4n) is 2.89. The highest BCUT2D eigenvalue weighted by Gasteiger charge is 2.21. The molecule has 1 unspecified atom stereocenters. The maximum absolute atomic E-state index is 10.4. The molecule has 2 aromatic rings. The smallest absolute Gasteiger partial charge is 0.0964 e. The Kier molecular flexibility index (Phi) is 3.75. The lowest BCUT2D eigenvalue weighted by Gasteiger charge is -2.23. The lowest BCUT2D eigenvalue weighted by atomic mass is 10.1. The van der Waals surface area contributed by atoms with Crippen LogP contribution in [0.5, 0.6) is 0 Å². The SMILES string of the molecule is CCc1ccc(C(O)CN2CCc3ccccc32)cc1. The number of anilines is 1. The second kappa shape index (κ2) is 5.68. The second-order valence-electron chi connectivity index (χ2n) is 5.44. The molecule has 0 bridgehead atoms. The van der Waals surface area contributed by atoms with Gasteiger partial charge in [-0.25, -0.2) is 0 Å². The van der Waals surface area contributed by atoms with Crippen LogP contribution in [0.25, 0.3) is 0 Å². The van der Waals surface area contributed by atoms with Gasteiger partial charge in [0.2, 0.25) is 0 Å². The summed E-state index contributed by atoms with van der Waals surface area (Å²) in [5.74, 6) is 0. The van der Waals surface area contributed by atoms with Gasteiger partial charge in [-0.3, -0.25) is 0 Å². The standard InChI is InChI=1S/C18H21NO/c1-2-14-7-9-16(10-8-14)18(20)13-19-12-11-15-5-3-4-6-17(15)19/h3-10,18,20H,2,11-13H2,1H3. The summed E-state index contributed by atoms with van der Waals surface area (Å²) in [6.07, 6.45) is 1.69. The summed E-state index contributed by atoms with van der Waals surface area (Å²) in [6, 6.07) is 16.8. The quantitative estimate of drug-likeness (QED) is 0.918. The van der Waals surface area contributed by atoms with E-state index in [4.69, 9.17) is 0 Å². The van der Waals surface area contributed by atoms with Gasteiger partial charge in [0.15, 0.2) is 0 Å². The highest BCUT2D eigenvalue weighted by molar-refractivity contribution is 5.58. The Morgan fingerprint density at radius 2 is 1.85 bits per heavy atom. The predicted octanol–water partition coefficient (Wildman–Crippen LogP) is 3.35. The fourth-order valence-corrected chi connectivity index (χ4v) is 2.89. The molecule has 0 radical (unpaired) electrons. The summed E-state index contributed by atoms with van der Waals surface area (Å²) in [4.78, 5) is 2.29. The van der Waals surface area contributed by atoms with Crippen LogP contribution in [-0.4, -0.2) is 18.2 Å². The summed E-state index contributed by atoms with van der Waals surface area (Å²) in [6.45, 7) is 3.82. The van der Waals surface area contributed by atoms with Gasteiger partial charge in [0, 0.05) is 18.8 Å².